The van der Waals surface area contributed by atoms with Gasteiger partial charge in [0.2, 0.25) is 0 Å². The Morgan fingerprint density at radius 2 is 1.85 bits per heavy atom. The topological polar surface area (TPSA) is 29.3 Å². The first-order valence-electron chi connectivity index (χ1n) is 8.18. The van der Waals surface area contributed by atoms with E-state index >= 15 is 0 Å². The van der Waals surface area contributed by atoms with Crippen LogP contribution < -0.4 is 5.73 Å². The molecule has 0 spiro atoms. The van der Waals surface area contributed by atoms with Crippen molar-refractivity contribution in [3.63, 3.8) is 0 Å². The summed E-state index contributed by atoms with van der Waals surface area (Å²) in [4.78, 5) is 2.54. The van der Waals surface area contributed by atoms with Gasteiger partial charge in [0.15, 0.2) is 0 Å². The highest BCUT2D eigenvalue weighted by Gasteiger charge is 2.26. The predicted molar refractivity (Wildman–Crippen MR) is 86.8 cm³/mol. The Bertz CT molecular complexity index is 392. The molecule has 2 rings (SSSR count). The average molecular weight is 274 g/mol. The molecule has 1 saturated carbocycles. The van der Waals surface area contributed by atoms with Crippen molar-refractivity contribution in [2.24, 2.45) is 11.7 Å². The van der Waals surface area contributed by atoms with Crippen molar-refractivity contribution in [3.8, 4) is 0 Å². The van der Waals surface area contributed by atoms with Crippen LogP contribution in [-0.2, 0) is 6.42 Å². The monoisotopic (exact) mass is 274 g/mol. The van der Waals surface area contributed by atoms with Gasteiger partial charge in [-0.25, -0.2) is 0 Å². The van der Waals surface area contributed by atoms with Crippen LogP contribution in [0.3, 0.4) is 0 Å². The molecule has 0 heterocycles. The maximum atomic E-state index is 6.41. The number of hydrogen-bond donors (Lipinski definition) is 1. The molecule has 0 radical (unpaired) electrons. The van der Waals surface area contributed by atoms with E-state index in [1.165, 1.54) is 36.9 Å². The molecule has 1 aromatic carbocycles. The Hall–Kier alpha value is -0.860. The number of hydrogen-bond acceptors (Lipinski definition) is 2. The quantitative estimate of drug-likeness (QED) is 0.782. The summed E-state index contributed by atoms with van der Waals surface area (Å²) in [5, 5.41) is 0. The lowest BCUT2D eigenvalue weighted by Gasteiger charge is -2.29. The molecule has 1 atom stereocenters. The van der Waals surface area contributed by atoms with Gasteiger partial charge in [0.1, 0.15) is 0 Å². The third-order valence-corrected chi connectivity index (χ3v) is 4.30. The van der Waals surface area contributed by atoms with E-state index in [4.69, 9.17) is 5.73 Å². The first kappa shape index (κ1) is 15.5. The summed E-state index contributed by atoms with van der Waals surface area (Å²) in [7, 11) is 0. The fraction of sp³-hybridized carbons (Fsp3) is 0.667. The minimum absolute atomic E-state index is 0.131. The van der Waals surface area contributed by atoms with E-state index in [1.54, 1.807) is 0 Å². The number of nitrogens with two attached hydrogens (primary N) is 1. The summed E-state index contributed by atoms with van der Waals surface area (Å²) in [5.74, 6) is 0.927. The standard InChI is InChI=1S/C18H30N2/c1-4-5-15-8-10-17(11-9-15)18(19)13-20(14(2)3)12-16-6-7-16/h8-11,14,16,18H,4-7,12-13,19H2,1-3H3. The molecular formula is C18H30N2. The van der Waals surface area contributed by atoms with Gasteiger partial charge in [0, 0.05) is 25.2 Å². The van der Waals surface area contributed by atoms with E-state index in [0.29, 0.717) is 6.04 Å². The maximum absolute atomic E-state index is 6.41. The molecule has 1 fully saturated rings. The second kappa shape index (κ2) is 7.24. The van der Waals surface area contributed by atoms with Crippen LogP contribution in [-0.4, -0.2) is 24.0 Å². The zero-order valence-electron chi connectivity index (χ0n) is 13.3. The van der Waals surface area contributed by atoms with Crippen molar-refractivity contribution in [2.75, 3.05) is 13.1 Å². The second-order valence-electron chi connectivity index (χ2n) is 6.59. The van der Waals surface area contributed by atoms with E-state index in [-0.39, 0.29) is 6.04 Å². The highest BCUT2D eigenvalue weighted by Crippen LogP contribution is 2.30. The normalized spacial score (nSPS) is 16.9. The summed E-state index contributed by atoms with van der Waals surface area (Å²) < 4.78 is 0. The summed E-state index contributed by atoms with van der Waals surface area (Å²) in [6.07, 6.45) is 5.18. The van der Waals surface area contributed by atoms with E-state index in [9.17, 15) is 0 Å². The van der Waals surface area contributed by atoms with Crippen LogP contribution in [0.5, 0.6) is 0 Å². The van der Waals surface area contributed by atoms with Crippen LogP contribution in [0.2, 0.25) is 0 Å². The van der Waals surface area contributed by atoms with Crippen molar-refractivity contribution in [1.29, 1.82) is 0 Å². The minimum atomic E-state index is 0.131. The second-order valence-corrected chi connectivity index (χ2v) is 6.59. The number of rotatable bonds is 8. The number of aryl methyl sites for hydroxylation is 1. The highest BCUT2D eigenvalue weighted by atomic mass is 15.2. The average Bonchev–Trinajstić information content (AvgIpc) is 3.23. The molecule has 0 saturated heterocycles. The largest absolute Gasteiger partial charge is 0.323 e. The van der Waals surface area contributed by atoms with Crippen LogP contribution in [0.15, 0.2) is 24.3 Å². The van der Waals surface area contributed by atoms with Crippen molar-refractivity contribution in [2.45, 2.75) is 58.5 Å². The van der Waals surface area contributed by atoms with E-state index in [0.717, 1.165) is 18.9 Å². The molecule has 2 heteroatoms. The minimum Gasteiger partial charge on any atom is -0.323 e. The Labute approximate surface area is 124 Å². The zero-order chi connectivity index (χ0) is 14.5. The molecule has 1 aliphatic carbocycles. The predicted octanol–water partition coefficient (Wildman–Crippen LogP) is 3.76. The summed E-state index contributed by atoms with van der Waals surface area (Å²) in [5.41, 5.74) is 9.10. The van der Waals surface area contributed by atoms with Crippen molar-refractivity contribution >= 4 is 0 Å². The van der Waals surface area contributed by atoms with Crippen molar-refractivity contribution in [1.82, 2.24) is 4.90 Å². The third kappa shape index (κ3) is 4.60. The van der Waals surface area contributed by atoms with E-state index in [1.807, 2.05) is 0 Å². The van der Waals surface area contributed by atoms with Crippen LogP contribution in [0.4, 0.5) is 0 Å². The van der Waals surface area contributed by atoms with Gasteiger partial charge in [0.25, 0.3) is 0 Å². The van der Waals surface area contributed by atoms with Gasteiger partial charge in [-0.1, -0.05) is 37.6 Å². The lowest BCUT2D eigenvalue weighted by atomic mass is 10.0. The molecular weight excluding hydrogens is 244 g/mol. The number of nitrogens with zero attached hydrogens (tertiary/aromatic N) is 1. The van der Waals surface area contributed by atoms with Crippen LogP contribution in [0.25, 0.3) is 0 Å². The Morgan fingerprint density at radius 3 is 2.35 bits per heavy atom. The van der Waals surface area contributed by atoms with Crippen LogP contribution in [0, 0.1) is 5.92 Å². The molecule has 2 nitrogen and oxygen atoms in total. The number of benzene rings is 1. The molecule has 1 aliphatic rings. The summed E-state index contributed by atoms with van der Waals surface area (Å²) >= 11 is 0. The Morgan fingerprint density at radius 1 is 1.20 bits per heavy atom. The van der Waals surface area contributed by atoms with Crippen LogP contribution in [0.1, 0.15) is 57.2 Å². The first-order valence-corrected chi connectivity index (χ1v) is 8.18. The maximum Gasteiger partial charge on any atom is 0.0424 e. The van der Waals surface area contributed by atoms with Gasteiger partial charge >= 0.3 is 0 Å². The molecule has 112 valence electrons. The van der Waals surface area contributed by atoms with Gasteiger partial charge in [-0.05, 0) is 50.2 Å². The van der Waals surface area contributed by atoms with Crippen molar-refractivity contribution < 1.29 is 0 Å². The zero-order valence-corrected chi connectivity index (χ0v) is 13.3. The molecule has 20 heavy (non-hydrogen) atoms. The molecule has 2 N–H and O–H groups in total. The molecule has 0 aromatic heterocycles. The Kier molecular flexibility index (Phi) is 5.62. The molecule has 1 unspecified atom stereocenters. The fourth-order valence-electron chi connectivity index (χ4n) is 2.71. The molecule has 0 amide bonds. The van der Waals surface area contributed by atoms with Gasteiger partial charge < -0.3 is 5.73 Å². The lowest BCUT2D eigenvalue weighted by Crippen LogP contribution is -2.38. The van der Waals surface area contributed by atoms with Gasteiger partial charge in [-0.15, -0.1) is 0 Å². The van der Waals surface area contributed by atoms with Crippen molar-refractivity contribution in [3.05, 3.63) is 35.4 Å². The lowest BCUT2D eigenvalue weighted by molar-refractivity contribution is 0.200. The SMILES string of the molecule is CCCc1ccc(C(N)CN(CC2CC2)C(C)C)cc1. The van der Waals surface area contributed by atoms with Gasteiger partial charge in [-0.2, -0.15) is 0 Å². The highest BCUT2D eigenvalue weighted by molar-refractivity contribution is 5.25. The summed E-state index contributed by atoms with van der Waals surface area (Å²) in [6.45, 7) is 8.97. The van der Waals surface area contributed by atoms with E-state index < -0.39 is 0 Å². The smallest absolute Gasteiger partial charge is 0.0424 e. The van der Waals surface area contributed by atoms with E-state index in [2.05, 4.69) is 49.9 Å². The van der Waals surface area contributed by atoms with Crippen LogP contribution >= 0.6 is 0 Å². The fourth-order valence-corrected chi connectivity index (χ4v) is 2.71. The van der Waals surface area contributed by atoms with Gasteiger partial charge in [0.05, 0.1) is 0 Å². The first-order chi connectivity index (χ1) is 9.60. The molecule has 0 bridgehead atoms. The summed E-state index contributed by atoms with van der Waals surface area (Å²) in [6, 6.07) is 9.61. The molecule has 1 aromatic rings. The molecule has 0 aliphatic heterocycles. The Balaban J connectivity index is 1.92. The third-order valence-electron chi connectivity index (χ3n) is 4.30. The van der Waals surface area contributed by atoms with Gasteiger partial charge in [-0.3, -0.25) is 4.90 Å².